The summed E-state index contributed by atoms with van der Waals surface area (Å²) < 4.78 is 4.36. The normalized spacial score (nSPS) is 18.5. The van der Waals surface area contributed by atoms with Gasteiger partial charge in [-0.15, -0.1) is 16.4 Å². The minimum Gasteiger partial charge on any atom is -0.275 e. The minimum absolute atomic E-state index is 0.0921. The summed E-state index contributed by atoms with van der Waals surface area (Å²) in [5.74, 6) is 0. The van der Waals surface area contributed by atoms with Gasteiger partial charge in [-0.2, -0.15) is 4.68 Å². The molecule has 1 saturated heterocycles. The Morgan fingerprint density at radius 3 is 2.92 bits per heavy atom. The fourth-order valence-electron chi connectivity index (χ4n) is 3.54. The zero-order valence-corrected chi connectivity index (χ0v) is 14.4. The maximum Gasteiger partial charge on any atom is 0.351 e. The standard InChI is InChI=1S/C18H17N5OS/c24-18-22-11-4-3-9-16(22)20-23(18)12-21-10-5-7-14(21)17-19-13-6-1-2-8-15(13)25-17/h1-4,6,8-9,11,14H,5,7,10,12H2/t14-/m0/s1. The molecular weight excluding hydrogens is 334 g/mol. The molecule has 0 bridgehead atoms. The highest BCUT2D eigenvalue weighted by atomic mass is 32.1. The van der Waals surface area contributed by atoms with Crippen molar-refractivity contribution >= 4 is 27.2 Å². The number of fused-ring (bicyclic) bond motifs is 2. The van der Waals surface area contributed by atoms with Gasteiger partial charge in [-0.1, -0.05) is 18.2 Å². The summed E-state index contributed by atoms with van der Waals surface area (Å²) in [4.78, 5) is 19.7. The molecule has 1 aliphatic rings. The van der Waals surface area contributed by atoms with Crippen molar-refractivity contribution in [3.05, 3.63) is 64.2 Å². The van der Waals surface area contributed by atoms with Crippen molar-refractivity contribution in [3.8, 4) is 0 Å². The van der Waals surface area contributed by atoms with Gasteiger partial charge in [0.05, 0.1) is 22.9 Å². The summed E-state index contributed by atoms with van der Waals surface area (Å²) in [6.45, 7) is 1.46. The van der Waals surface area contributed by atoms with E-state index in [1.165, 1.54) is 4.70 Å². The van der Waals surface area contributed by atoms with Gasteiger partial charge in [-0.3, -0.25) is 9.30 Å². The van der Waals surface area contributed by atoms with Crippen LogP contribution in [0.15, 0.2) is 53.5 Å². The summed E-state index contributed by atoms with van der Waals surface area (Å²) in [5, 5.41) is 5.59. The number of hydrogen-bond donors (Lipinski definition) is 0. The second-order valence-corrected chi connectivity index (χ2v) is 7.40. The monoisotopic (exact) mass is 351 g/mol. The van der Waals surface area contributed by atoms with E-state index in [1.54, 1.807) is 26.6 Å². The van der Waals surface area contributed by atoms with E-state index in [9.17, 15) is 4.79 Å². The van der Waals surface area contributed by atoms with Crippen molar-refractivity contribution in [1.82, 2.24) is 24.1 Å². The zero-order valence-electron chi connectivity index (χ0n) is 13.6. The Morgan fingerprint density at radius 1 is 1.16 bits per heavy atom. The number of thiazole rings is 1. The molecule has 0 N–H and O–H groups in total. The lowest BCUT2D eigenvalue weighted by Gasteiger charge is -2.21. The molecule has 7 heteroatoms. The lowest BCUT2D eigenvalue weighted by Crippen LogP contribution is -2.32. The summed E-state index contributed by atoms with van der Waals surface area (Å²) in [5.41, 5.74) is 1.65. The molecule has 0 saturated carbocycles. The first-order chi connectivity index (χ1) is 12.3. The number of aromatic nitrogens is 4. The molecule has 126 valence electrons. The second kappa shape index (κ2) is 5.79. The molecule has 6 nitrogen and oxygen atoms in total. The van der Waals surface area contributed by atoms with E-state index in [0.717, 1.165) is 29.9 Å². The fourth-order valence-corrected chi connectivity index (χ4v) is 4.68. The third kappa shape index (κ3) is 2.47. The van der Waals surface area contributed by atoms with E-state index in [2.05, 4.69) is 22.1 Å². The molecule has 25 heavy (non-hydrogen) atoms. The van der Waals surface area contributed by atoms with Gasteiger partial charge in [0.2, 0.25) is 0 Å². The van der Waals surface area contributed by atoms with Crippen LogP contribution >= 0.6 is 11.3 Å². The van der Waals surface area contributed by atoms with E-state index < -0.39 is 0 Å². The van der Waals surface area contributed by atoms with E-state index in [-0.39, 0.29) is 11.7 Å². The van der Waals surface area contributed by atoms with Gasteiger partial charge in [0.15, 0.2) is 5.65 Å². The van der Waals surface area contributed by atoms with Gasteiger partial charge < -0.3 is 0 Å². The van der Waals surface area contributed by atoms with Gasteiger partial charge in [0.25, 0.3) is 0 Å². The summed E-state index contributed by atoms with van der Waals surface area (Å²) in [6.07, 6.45) is 3.95. The molecule has 4 heterocycles. The summed E-state index contributed by atoms with van der Waals surface area (Å²) in [6, 6.07) is 14.1. The number of rotatable bonds is 3. The predicted molar refractivity (Wildman–Crippen MR) is 97.8 cm³/mol. The minimum atomic E-state index is -0.0921. The Bertz CT molecular complexity index is 1080. The zero-order chi connectivity index (χ0) is 16.8. The Balaban J connectivity index is 1.48. The molecule has 0 radical (unpaired) electrons. The van der Waals surface area contributed by atoms with Gasteiger partial charge in [0.1, 0.15) is 5.01 Å². The first-order valence-corrected chi connectivity index (χ1v) is 9.25. The Kier molecular flexibility index (Phi) is 3.43. The first-order valence-electron chi connectivity index (χ1n) is 8.43. The number of hydrogen-bond acceptors (Lipinski definition) is 5. The van der Waals surface area contributed by atoms with Crippen LogP contribution in [0.4, 0.5) is 0 Å². The van der Waals surface area contributed by atoms with Crippen LogP contribution in [0.3, 0.4) is 0 Å². The first kappa shape index (κ1) is 14.8. The summed E-state index contributed by atoms with van der Waals surface area (Å²) in [7, 11) is 0. The number of pyridine rings is 1. The highest BCUT2D eigenvalue weighted by Crippen LogP contribution is 2.36. The molecule has 1 aromatic carbocycles. The Hall–Kier alpha value is -2.51. The van der Waals surface area contributed by atoms with Crippen LogP contribution in [0.1, 0.15) is 23.9 Å². The maximum atomic E-state index is 12.5. The van der Waals surface area contributed by atoms with Gasteiger partial charge >= 0.3 is 5.69 Å². The highest BCUT2D eigenvalue weighted by molar-refractivity contribution is 7.18. The molecule has 1 fully saturated rings. The van der Waals surface area contributed by atoms with Crippen LogP contribution in [0.5, 0.6) is 0 Å². The molecule has 0 unspecified atom stereocenters. The topological polar surface area (TPSA) is 55.4 Å². The quantitative estimate of drug-likeness (QED) is 0.569. The number of para-hydroxylation sites is 1. The number of nitrogens with zero attached hydrogens (tertiary/aromatic N) is 5. The van der Waals surface area contributed by atoms with Crippen LogP contribution in [-0.4, -0.2) is 30.6 Å². The second-order valence-electron chi connectivity index (χ2n) is 6.34. The van der Waals surface area contributed by atoms with Crippen LogP contribution in [0.2, 0.25) is 0 Å². The van der Waals surface area contributed by atoms with E-state index in [0.29, 0.717) is 12.3 Å². The van der Waals surface area contributed by atoms with E-state index in [4.69, 9.17) is 4.98 Å². The predicted octanol–water partition coefficient (Wildman–Crippen LogP) is 2.90. The Labute approximate surface area is 148 Å². The largest absolute Gasteiger partial charge is 0.351 e. The molecule has 3 aromatic heterocycles. The van der Waals surface area contributed by atoms with Crippen LogP contribution in [0.25, 0.3) is 15.9 Å². The van der Waals surface area contributed by atoms with Gasteiger partial charge in [0, 0.05) is 12.7 Å². The molecule has 0 amide bonds. The van der Waals surface area contributed by atoms with E-state index >= 15 is 0 Å². The van der Waals surface area contributed by atoms with Crippen LogP contribution in [0, 0.1) is 0 Å². The molecule has 1 aliphatic heterocycles. The summed E-state index contributed by atoms with van der Waals surface area (Å²) >= 11 is 1.75. The molecular formula is C18H17N5OS. The molecule has 0 spiro atoms. The third-order valence-corrected chi connectivity index (χ3v) is 5.90. The van der Waals surface area contributed by atoms with E-state index in [1.807, 2.05) is 30.3 Å². The van der Waals surface area contributed by atoms with Crippen molar-refractivity contribution < 1.29 is 0 Å². The average Bonchev–Trinajstić information content (AvgIpc) is 3.33. The van der Waals surface area contributed by atoms with Gasteiger partial charge in [-0.05, 0) is 37.1 Å². The maximum absolute atomic E-state index is 12.5. The number of likely N-dealkylation sites (tertiary alicyclic amines) is 1. The molecule has 0 aliphatic carbocycles. The molecule has 4 aromatic rings. The SMILES string of the molecule is O=c1n(CN2CCC[C@H]2c2nc3ccccc3s2)nc2ccccn12. The lowest BCUT2D eigenvalue weighted by atomic mass is 10.2. The fraction of sp³-hybridized carbons (Fsp3) is 0.278. The molecule has 5 rings (SSSR count). The average molecular weight is 351 g/mol. The van der Waals surface area contributed by atoms with Crippen molar-refractivity contribution in [3.63, 3.8) is 0 Å². The van der Waals surface area contributed by atoms with Crippen molar-refractivity contribution in [2.45, 2.75) is 25.6 Å². The lowest BCUT2D eigenvalue weighted by molar-refractivity contribution is 0.188. The van der Waals surface area contributed by atoms with Crippen LogP contribution < -0.4 is 5.69 Å². The van der Waals surface area contributed by atoms with Gasteiger partial charge in [-0.25, -0.2) is 9.78 Å². The Morgan fingerprint density at radius 2 is 2.04 bits per heavy atom. The third-order valence-electron chi connectivity index (χ3n) is 4.76. The van der Waals surface area contributed by atoms with Crippen molar-refractivity contribution in [2.24, 2.45) is 0 Å². The smallest absolute Gasteiger partial charge is 0.275 e. The number of benzene rings is 1. The van der Waals surface area contributed by atoms with Crippen molar-refractivity contribution in [2.75, 3.05) is 6.54 Å². The highest BCUT2D eigenvalue weighted by Gasteiger charge is 2.29. The molecule has 1 atom stereocenters. The van der Waals surface area contributed by atoms with Crippen molar-refractivity contribution in [1.29, 1.82) is 0 Å². The van der Waals surface area contributed by atoms with Crippen LogP contribution in [-0.2, 0) is 6.67 Å².